The van der Waals surface area contributed by atoms with Crippen molar-refractivity contribution in [3.63, 3.8) is 0 Å². The lowest BCUT2D eigenvalue weighted by molar-refractivity contribution is -0.149. The van der Waals surface area contributed by atoms with Crippen LogP contribution in [0.25, 0.3) is 0 Å². The van der Waals surface area contributed by atoms with Gasteiger partial charge in [0.15, 0.2) is 6.29 Å². The number of piperidine rings is 1. The molecule has 0 saturated carbocycles. The maximum absolute atomic E-state index is 5.67. The second-order valence-corrected chi connectivity index (χ2v) is 5.50. The predicted octanol–water partition coefficient (Wildman–Crippen LogP) is 1.41. The average molecular weight is 256 g/mol. The van der Waals surface area contributed by atoms with Gasteiger partial charge in [0.25, 0.3) is 0 Å². The molecule has 2 fully saturated rings. The van der Waals surface area contributed by atoms with Crippen molar-refractivity contribution < 1.29 is 9.47 Å². The number of fused-ring (bicyclic) bond motifs is 1. The van der Waals surface area contributed by atoms with Crippen LogP contribution >= 0.6 is 0 Å². The molecular weight excluding hydrogens is 228 g/mol. The van der Waals surface area contributed by atoms with Crippen molar-refractivity contribution >= 4 is 0 Å². The largest absolute Gasteiger partial charge is 0.352 e. The Hall–Kier alpha value is -0.160. The highest BCUT2D eigenvalue weighted by atomic mass is 16.7. The molecule has 0 bridgehead atoms. The fourth-order valence-corrected chi connectivity index (χ4v) is 3.33. The zero-order valence-corrected chi connectivity index (χ0v) is 12.1. The van der Waals surface area contributed by atoms with E-state index in [1.807, 2.05) is 13.8 Å². The summed E-state index contributed by atoms with van der Waals surface area (Å²) in [6.07, 6.45) is 2.65. The van der Waals surface area contributed by atoms with Gasteiger partial charge < -0.3 is 14.4 Å². The Labute approximate surface area is 111 Å². The number of rotatable bonds is 6. The van der Waals surface area contributed by atoms with Crippen LogP contribution < -0.4 is 0 Å². The highest BCUT2D eigenvalue weighted by molar-refractivity contribution is 4.92. The van der Waals surface area contributed by atoms with E-state index in [9.17, 15) is 0 Å². The third-order valence-corrected chi connectivity index (χ3v) is 4.27. The van der Waals surface area contributed by atoms with Crippen molar-refractivity contribution in [2.75, 3.05) is 46.4 Å². The quantitative estimate of drug-likeness (QED) is 0.671. The third-order valence-electron chi connectivity index (χ3n) is 4.27. The van der Waals surface area contributed by atoms with Crippen LogP contribution in [-0.4, -0.2) is 68.6 Å². The van der Waals surface area contributed by atoms with Gasteiger partial charge in [-0.25, -0.2) is 0 Å². The Morgan fingerprint density at radius 1 is 1.11 bits per heavy atom. The van der Waals surface area contributed by atoms with Gasteiger partial charge in [-0.3, -0.25) is 4.90 Å². The first-order valence-corrected chi connectivity index (χ1v) is 7.40. The Morgan fingerprint density at radius 2 is 1.78 bits per heavy atom. The summed E-state index contributed by atoms with van der Waals surface area (Å²) in [5.41, 5.74) is 0. The second kappa shape index (κ2) is 6.85. The molecule has 2 saturated heterocycles. The van der Waals surface area contributed by atoms with Gasteiger partial charge >= 0.3 is 0 Å². The molecule has 0 aliphatic carbocycles. The molecule has 18 heavy (non-hydrogen) atoms. The van der Waals surface area contributed by atoms with Crippen LogP contribution in [0.4, 0.5) is 0 Å². The summed E-state index contributed by atoms with van der Waals surface area (Å²) < 4.78 is 11.3. The van der Waals surface area contributed by atoms with Crippen LogP contribution in [0, 0.1) is 5.92 Å². The Morgan fingerprint density at radius 3 is 2.44 bits per heavy atom. The molecular formula is C14H28N2O2. The van der Waals surface area contributed by atoms with E-state index in [0.29, 0.717) is 6.04 Å². The summed E-state index contributed by atoms with van der Waals surface area (Å²) in [6, 6.07) is 0.715. The summed E-state index contributed by atoms with van der Waals surface area (Å²) in [4.78, 5) is 5.03. The van der Waals surface area contributed by atoms with Gasteiger partial charge in [-0.15, -0.1) is 0 Å². The zero-order valence-electron chi connectivity index (χ0n) is 12.1. The minimum atomic E-state index is -0.0500. The van der Waals surface area contributed by atoms with E-state index in [4.69, 9.17) is 9.47 Å². The van der Waals surface area contributed by atoms with Crippen molar-refractivity contribution in [3.05, 3.63) is 0 Å². The monoisotopic (exact) mass is 256 g/mol. The van der Waals surface area contributed by atoms with Gasteiger partial charge in [0.05, 0.1) is 0 Å². The number of ether oxygens (including phenoxy) is 2. The molecule has 106 valence electrons. The normalized spacial score (nSPS) is 30.0. The first-order chi connectivity index (χ1) is 8.74. The van der Waals surface area contributed by atoms with Crippen molar-refractivity contribution in [1.82, 2.24) is 9.80 Å². The second-order valence-electron chi connectivity index (χ2n) is 5.50. The van der Waals surface area contributed by atoms with Gasteiger partial charge in [-0.05, 0) is 52.7 Å². The van der Waals surface area contributed by atoms with E-state index in [-0.39, 0.29) is 6.29 Å². The van der Waals surface area contributed by atoms with Crippen LogP contribution in [0.1, 0.15) is 26.7 Å². The fourth-order valence-electron chi connectivity index (χ4n) is 3.33. The molecule has 4 nitrogen and oxygen atoms in total. The minimum Gasteiger partial charge on any atom is -0.352 e. The number of likely N-dealkylation sites (tertiary alicyclic amines) is 2. The maximum atomic E-state index is 5.67. The van der Waals surface area contributed by atoms with E-state index in [2.05, 4.69) is 16.8 Å². The number of hydrogen-bond donors (Lipinski definition) is 0. The summed E-state index contributed by atoms with van der Waals surface area (Å²) >= 11 is 0. The van der Waals surface area contributed by atoms with Gasteiger partial charge in [-0.1, -0.05) is 0 Å². The highest BCUT2D eigenvalue weighted by Crippen LogP contribution is 2.31. The molecule has 2 rings (SSSR count). The zero-order chi connectivity index (χ0) is 13.0. The first-order valence-electron chi connectivity index (χ1n) is 7.40. The number of likely N-dealkylation sites (N-methyl/N-ethyl adjacent to an activating group) is 1. The van der Waals surface area contributed by atoms with Crippen molar-refractivity contribution in [2.24, 2.45) is 5.92 Å². The molecule has 0 amide bonds. The Balaban J connectivity index is 1.87. The summed E-state index contributed by atoms with van der Waals surface area (Å²) in [6.45, 7) is 10.1. The number of nitrogens with zero attached hydrogens (tertiary/aromatic N) is 2. The lowest BCUT2D eigenvalue weighted by Crippen LogP contribution is -2.49. The molecule has 0 aromatic rings. The average Bonchev–Trinajstić information content (AvgIpc) is 2.73. The van der Waals surface area contributed by atoms with Crippen LogP contribution in [-0.2, 0) is 9.47 Å². The molecule has 2 aliphatic heterocycles. The highest BCUT2D eigenvalue weighted by Gasteiger charge is 2.38. The van der Waals surface area contributed by atoms with E-state index >= 15 is 0 Å². The molecule has 0 radical (unpaired) electrons. The van der Waals surface area contributed by atoms with Crippen LogP contribution in [0.5, 0.6) is 0 Å². The Kier molecular flexibility index (Phi) is 5.42. The summed E-state index contributed by atoms with van der Waals surface area (Å²) in [7, 11) is 2.23. The number of hydrogen-bond acceptors (Lipinski definition) is 4. The molecule has 0 aromatic heterocycles. The third kappa shape index (κ3) is 3.44. The summed E-state index contributed by atoms with van der Waals surface area (Å²) in [5, 5.41) is 0. The van der Waals surface area contributed by atoms with E-state index in [0.717, 1.165) is 25.7 Å². The molecule has 0 aromatic carbocycles. The standard InChI is InChI=1S/C14H28N2O2/c1-4-17-14(18-5-2)11-16-9-7-12-6-8-15(3)10-13(12)16/h12-14H,4-11H2,1-3H3/t12-,13+/m1/s1. The summed E-state index contributed by atoms with van der Waals surface area (Å²) in [5.74, 6) is 0.894. The molecule has 2 aliphatic rings. The fraction of sp³-hybridized carbons (Fsp3) is 1.00. The molecule has 0 spiro atoms. The molecule has 4 heteroatoms. The maximum Gasteiger partial charge on any atom is 0.170 e. The van der Waals surface area contributed by atoms with E-state index < -0.39 is 0 Å². The van der Waals surface area contributed by atoms with E-state index in [1.165, 1.54) is 32.5 Å². The predicted molar refractivity (Wildman–Crippen MR) is 72.6 cm³/mol. The molecule has 0 unspecified atom stereocenters. The van der Waals surface area contributed by atoms with Crippen LogP contribution in [0.2, 0.25) is 0 Å². The van der Waals surface area contributed by atoms with Crippen molar-refractivity contribution in [1.29, 1.82) is 0 Å². The van der Waals surface area contributed by atoms with Crippen LogP contribution in [0.15, 0.2) is 0 Å². The lowest BCUT2D eigenvalue weighted by Gasteiger charge is -2.37. The topological polar surface area (TPSA) is 24.9 Å². The Bertz CT molecular complexity index is 244. The van der Waals surface area contributed by atoms with Gasteiger partial charge in [0.2, 0.25) is 0 Å². The van der Waals surface area contributed by atoms with E-state index in [1.54, 1.807) is 0 Å². The smallest absolute Gasteiger partial charge is 0.170 e. The van der Waals surface area contributed by atoms with Crippen molar-refractivity contribution in [3.8, 4) is 0 Å². The van der Waals surface area contributed by atoms with Crippen molar-refractivity contribution in [2.45, 2.75) is 39.0 Å². The lowest BCUT2D eigenvalue weighted by atomic mass is 9.92. The first kappa shape index (κ1) is 14.3. The molecule has 2 heterocycles. The molecule has 2 atom stereocenters. The van der Waals surface area contributed by atoms with Crippen LogP contribution in [0.3, 0.4) is 0 Å². The van der Waals surface area contributed by atoms with Gasteiger partial charge in [0.1, 0.15) is 0 Å². The SMILES string of the molecule is CCOC(CN1CC[C@H]2CCN(C)C[C@@H]21)OCC. The molecule has 0 N–H and O–H groups in total. The van der Waals surface area contributed by atoms with Gasteiger partial charge in [0, 0.05) is 32.3 Å². The van der Waals surface area contributed by atoms with Gasteiger partial charge in [-0.2, -0.15) is 0 Å². The minimum absolute atomic E-state index is 0.0500.